The number of aryl methyl sites for hydroxylation is 1. The quantitative estimate of drug-likeness (QED) is 0.753. The maximum absolute atomic E-state index is 13.6. The molecule has 0 saturated heterocycles. The Balaban J connectivity index is 1.66. The van der Waals surface area contributed by atoms with Crippen molar-refractivity contribution in [3.8, 4) is 5.75 Å². The third-order valence-electron chi connectivity index (χ3n) is 3.65. The van der Waals surface area contributed by atoms with Crippen molar-refractivity contribution >= 4 is 11.6 Å². The van der Waals surface area contributed by atoms with Crippen molar-refractivity contribution in [2.75, 3.05) is 5.32 Å². The van der Waals surface area contributed by atoms with Crippen LogP contribution in [-0.4, -0.2) is 10.9 Å². The number of hydrogen-bond acceptors (Lipinski definition) is 3. The molecule has 0 aliphatic carbocycles. The van der Waals surface area contributed by atoms with Crippen molar-refractivity contribution in [1.82, 2.24) is 4.98 Å². The minimum Gasteiger partial charge on any atom is -0.489 e. The van der Waals surface area contributed by atoms with Crippen molar-refractivity contribution in [1.29, 1.82) is 0 Å². The summed E-state index contributed by atoms with van der Waals surface area (Å²) in [5, 5.41) is 2.75. The Morgan fingerprint density at radius 3 is 2.80 bits per heavy atom. The van der Waals surface area contributed by atoms with E-state index in [0.717, 1.165) is 5.56 Å². The van der Waals surface area contributed by atoms with Gasteiger partial charge in [0.25, 0.3) is 5.91 Å². The van der Waals surface area contributed by atoms with Crippen LogP contribution in [0.5, 0.6) is 5.75 Å². The number of nitrogens with zero attached hydrogens (tertiary/aromatic N) is 1. The minimum absolute atomic E-state index is 0.268. The SMILES string of the molecule is Cc1ccc(C(=O)Nc2cccc(OCc3cccnc3)c2)cc1F. The number of halogens is 1. The predicted octanol–water partition coefficient (Wildman–Crippen LogP) is 4.36. The van der Waals surface area contributed by atoms with E-state index in [9.17, 15) is 9.18 Å². The molecule has 0 bridgehead atoms. The average molecular weight is 336 g/mol. The first kappa shape index (κ1) is 16.6. The summed E-state index contributed by atoms with van der Waals surface area (Å²) < 4.78 is 19.3. The summed E-state index contributed by atoms with van der Waals surface area (Å²) in [7, 11) is 0. The molecule has 0 aliphatic heterocycles. The molecule has 25 heavy (non-hydrogen) atoms. The fraction of sp³-hybridized carbons (Fsp3) is 0.100. The molecule has 1 amide bonds. The van der Waals surface area contributed by atoms with E-state index < -0.39 is 5.82 Å². The van der Waals surface area contributed by atoms with Crippen molar-refractivity contribution < 1.29 is 13.9 Å². The number of benzene rings is 2. The molecule has 0 aliphatic rings. The van der Waals surface area contributed by atoms with Crippen LogP contribution in [0.2, 0.25) is 0 Å². The number of nitrogens with one attached hydrogen (secondary N) is 1. The second-order valence-electron chi connectivity index (χ2n) is 5.60. The van der Waals surface area contributed by atoms with Crippen LogP contribution in [0, 0.1) is 12.7 Å². The van der Waals surface area contributed by atoms with Gasteiger partial charge in [-0.2, -0.15) is 0 Å². The highest BCUT2D eigenvalue weighted by Crippen LogP contribution is 2.19. The van der Waals surface area contributed by atoms with Gasteiger partial charge < -0.3 is 10.1 Å². The molecule has 0 spiro atoms. The van der Waals surface area contributed by atoms with Gasteiger partial charge in [-0.1, -0.05) is 18.2 Å². The lowest BCUT2D eigenvalue weighted by Crippen LogP contribution is -2.12. The van der Waals surface area contributed by atoms with Gasteiger partial charge in [-0.25, -0.2) is 4.39 Å². The van der Waals surface area contributed by atoms with Gasteiger partial charge in [0.2, 0.25) is 0 Å². The topological polar surface area (TPSA) is 51.2 Å². The second-order valence-corrected chi connectivity index (χ2v) is 5.60. The third-order valence-corrected chi connectivity index (χ3v) is 3.65. The number of aromatic nitrogens is 1. The number of hydrogen-bond donors (Lipinski definition) is 1. The average Bonchev–Trinajstić information content (AvgIpc) is 2.63. The Morgan fingerprint density at radius 2 is 2.04 bits per heavy atom. The van der Waals surface area contributed by atoms with E-state index in [4.69, 9.17) is 4.74 Å². The lowest BCUT2D eigenvalue weighted by molar-refractivity contribution is 0.102. The molecule has 1 aromatic heterocycles. The molecule has 0 unspecified atom stereocenters. The van der Waals surface area contributed by atoms with Crippen LogP contribution in [0.15, 0.2) is 67.0 Å². The highest BCUT2D eigenvalue weighted by atomic mass is 19.1. The molecule has 3 rings (SSSR count). The lowest BCUT2D eigenvalue weighted by atomic mass is 10.1. The van der Waals surface area contributed by atoms with Crippen LogP contribution >= 0.6 is 0 Å². The van der Waals surface area contributed by atoms with Gasteiger partial charge in [-0.05, 0) is 42.8 Å². The molecule has 1 N–H and O–H groups in total. The molecule has 3 aromatic rings. The fourth-order valence-electron chi connectivity index (χ4n) is 2.25. The lowest BCUT2D eigenvalue weighted by Gasteiger charge is -2.09. The first-order chi connectivity index (χ1) is 12.1. The number of ether oxygens (including phenoxy) is 1. The van der Waals surface area contributed by atoms with E-state index in [1.54, 1.807) is 55.7 Å². The van der Waals surface area contributed by atoms with Crippen LogP contribution in [-0.2, 0) is 6.61 Å². The number of anilines is 1. The Kier molecular flexibility index (Phi) is 5.04. The molecular formula is C20H17FN2O2. The summed E-state index contributed by atoms with van der Waals surface area (Å²) in [6.45, 7) is 2.04. The van der Waals surface area contributed by atoms with Crippen molar-refractivity contribution in [2.24, 2.45) is 0 Å². The second kappa shape index (κ2) is 7.57. The normalized spacial score (nSPS) is 10.3. The first-order valence-electron chi connectivity index (χ1n) is 7.81. The van der Waals surface area contributed by atoms with E-state index in [1.165, 1.54) is 6.07 Å². The van der Waals surface area contributed by atoms with Crippen LogP contribution < -0.4 is 10.1 Å². The predicted molar refractivity (Wildman–Crippen MR) is 94.1 cm³/mol. The maximum Gasteiger partial charge on any atom is 0.255 e. The highest BCUT2D eigenvalue weighted by Gasteiger charge is 2.09. The van der Waals surface area contributed by atoms with Crippen molar-refractivity contribution in [3.63, 3.8) is 0 Å². The van der Waals surface area contributed by atoms with Gasteiger partial charge >= 0.3 is 0 Å². The van der Waals surface area contributed by atoms with E-state index in [2.05, 4.69) is 10.3 Å². The van der Waals surface area contributed by atoms with Gasteiger partial charge in [0.15, 0.2) is 0 Å². The zero-order chi connectivity index (χ0) is 17.6. The zero-order valence-electron chi connectivity index (χ0n) is 13.7. The van der Waals surface area contributed by atoms with Gasteiger partial charge in [0, 0.05) is 35.3 Å². The maximum atomic E-state index is 13.6. The summed E-state index contributed by atoms with van der Waals surface area (Å²) in [4.78, 5) is 16.3. The van der Waals surface area contributed by atoms with Crippen LogP contribution in [0.1, 0.15) is 21.5 Å². The number of amides is 1. The van der Waals surface area contributed by atoms with Gasteiger partial charge in [0.05, 0.1) is 0 Å². The number of pyridine rings is 1. The molecule has 0 fully saturated rings. The molecule has 4 nitrogen and oxygen atoms in total. The smallest absolute Gasteiger partial charge is 0.255 e. The van der Waals surface area contributed by atoms with E-state index >= 15 is 0 Å². The summed E-state index contributed by atoms with van der Waals surface area (Å²) in [6, 6.07) is 15.2. The molecule has 2 aromatic carbocycles. The number of carbonyl (C=O) groups excluding carboxylic acids is 1. The van der Waals surface area contributed by atoms with E-state index in [0.29, 0.717) is 23.6 Å². The fourth-order valence-corrected chi connectivity index (χ4v) is 2.25. The Labute approximate surface area is 145 Å². The van der Waals surface area contributed by atoms with E-state index in [-0.39, 0.29) is 11.5 Å². The van der Waals surface area contributed by atoms with Crippen molar-refractivity contribution in [3.05, 3.63) is 89.5 Å². The molecule has 1 heterocycles. The summed E-state index contributed by atoms with van der Waals surface area (Å²) in [5.74, 6) is -0.152. The minimum atomic E-state index is -0.402. The number of rotatable bonds is 5. The Hall–Kier alpha value is -3.21. The molecular weight excluding hydrogens is 319 g/mol. The summed E-state index contributed by atoms with van der Waals surface area (Å²) in [5.41, 5.74) is 2.30. The standard InChI is InChI=1S/C20H17FN2O2/c1-14-7-8-16(10-19(14)21)20(24)23-17-5-2-6-18(11-17)25-13-15-4-3-9-22-12-15/h2-12H,13H2,1H3,(H,23,24). The van der Waals surface area contributed by atoms with Gasteiger partial charge in [-0.3, -0.25) is 9.78 Å². The summed E-state index contributed by atoms with van der Waals surface area (Å²) in [6.07, 6.45) is 3.44. The Morgan fingerprint density at radius 1 is 1.16 bits per heavy atom. The molecule has 0 saturated carbocycles. The molecule has 0 atom stereocenters. The summed E-state index contributed by atoms with van der Waals surface area (Å²) >= 11 is 0. The zero-order valence-corrected chi connectivity index (χ0v) is 13.7. The molecule has 126 valence electrons. The van der Waals surface area contributed by atoms with Crippen LogP contribution in [0.4, 0.5) is 10.1 Å². The van der Waals surface area contributed by atoms with Crippen LogP contribution in [0.25, 0.3) is 0 Å². The largest absolute Gasteiger partial charge is 0.489 e. The van der Waals surface area contributed by atoms with Crippen LogP contribution in [0.3, 0.4) is 0 Å². The molecule has 0 radical (unpaired) electrons. The van der Waals surface area contributed by atoms with Crippen molar-refractivity contribution in [2.45, 2.75) is 13.5 Å². The highest BCUT2D eigenvalue weighted by molar-refractivity contribution is 6.04. The third kappa shape index (κ3) is 4.41. The van der Waals surface area contributed by atoms with Gasteiger partial charge in [0.1, 0.15) is 18.2 Å². The van der Waals surface area contributed by atoms with E-state index in [1.807, 2.05) is 12.1 Å². The number of carbonyl (C=O) groups is 1. The van der Waals surface area contributed by atoms with Gasteiger partial charge in [-0.15, -0.1) is 0 Å². The first-order valence-corrected chi connectivity index (χ1v) is 7.81. The molecule has 5 heteroatoms. The monoisotopic (exact) mass is 336 g/mol. The Bertz CT molecular complexity index is 882.